The number of pyridine rings is 1. The van der Waals surface area contributed by atoms with Gasteiger partial charge in [0.1, 0.15) is 11.9 Å². The van der Waals surface area contributed by atoms with Crippen LogP contribution in [0.4, 0.5) is 4.39 Å². The van der Waals surface area contributed by atoms with Crippen LogP contribution in [0.25, 0.3) is 16.9 Å². The number of para-hydroxylation sites is 1. The highest BCUT2D eigenvalue weighted by molar-refractivity contribution is 5.82. The fourth-order valence-corrected chi connectivity index (χ4v) is 4.97. The van der Waals surface area contributed by atoms with Crippen LogP contribution in [0.3, 0.4) is 0 Å². The van der Waals surface area contributed by atoms with Crippen LogP contribution in [-0.2, 0) is 27.8 Å². The number of ketones is 1. The van der Waals surface area contributed by atoms with Crippen molar-refractivity contribution in [1.29, 1.82) is 0 Å². The number of hydrogen-bond acceptors (Lipinski definition) is 7. The molecule has 9 nitrogen and oxygen atoms in total. The number of carbonyl (C=O) groups is 1. The second kappa shape index (κ2) is 11.3. The van der Waals surface area contributed by atoms with Gasteiger partial charge in [-0.2, -0.15) is 19.7 Å². The second-order valence-electron chi connectivity index (χ2n) is 9.57. The van der Waals surface area contributed by atoms with Gasteiger partial charge >= 0.3 is 0 Å². The molecule has 0 radical (unpaired) electrons. The quantitative estimate of drug-likeness (QED) is 0.295. The number of carbonyl (C=O) groups excluding carboxylic acids is 1. The number of Topliss-reactive ketones (excluding diaryl/α,β-unsaturated/α-hetero) is 1. The van der Waals surface area contributed by atoms with Crippen molar-refractivity contribution in [2.24, 2.45) is 13.0 Å². The smallest absolute Gasteiger partial charge is 0.213 e. The molecule has 3 aromatic heterocycles. The summed E-state index contributed by atoms with van der Waals surface area (Å²) in [7, 11) is 3.49. The Kier molecular flexibility index (Phi) is 7.73. The molecule has 0 bridgehead atoms. The fraction of sp³-hybridized carbons (Fsp3) is 0.357. The van der Waals surface area contributed by atoms with Gasteiger partial charge in [0, 0.05) is 64.0 Å². The van der Waals surface area contributed by atoms with Gasteiger partial charge in [-0.3, -0.25) is 14.3 Å². The maximum Gasteiger partial charge on any atom is 0.213 e. The van der Waals surface area contributed by atoms with E-state index in [0.29, 0.717) is 25.3 Å². The third-order valence-corrected chi connectivity index (χ3v) is 6.83. The molecule has 1 aromatic carbocycles. The van der Waals surface area contributed by atoms with Gasteiger partial charge in [-0.1, -0.05) is 18.2 Å². The Balaban J connectivity index is 1.41. The Morgan fingerprint density at radius 3 is 2.76 bits per heavy atom. The Bertz CT molecular complexity index is 1400. The lowest BCUT2D eigenvalue weighted by atomic mass is 9.91. The van der Waals surface area contributed by atoms with Crippen LogP contribution in [-0.4, -0.2) is 62.2 Å². The predicted molar refractivity (Wildman–Crippen MR) is 139 cm³/mol. The minimum absolute atomic E-state index is 0.0598. The Labute approximate surface area is 220 Å². The van der Waals surface area contributed by atoms with Gasteiger partial charge in [0.25, 0.3) is 0 Å². The fourth-order valence-electron chi connectivity index (χ4n) is 4.97. The van der Waals surface area contributed by atoms with Gasteiger partial charge in [-0.25, -0.2) is 9.67 Å². The third-order valence-electron chi connectivity index (χ3n) is 6.83. The van der Waals surface area contributed by atoms with Gasteiger partial charge in [0.2, 0.25) is 5.95 Å². The maximum absolute atomic E-state index is 13.9. The summed E-state index contributed by atoms with van der Waals surface area (Å²) in [6, 6.07) is 12.9. The molecule has 1 saturated heterocycles. The van der Waals surface area contributed by atoms with Crippen LogP contribution in [0.5, 0.6) is 0 Å². The van der Waals surface area contributed by atoms with E-state index in [4.69, 9.17) is 14.7 Å². The van der Waals surface area contributed by atoms with Crippen LogP contribution in [0, 0.1) is 18.8 Å². The number of nitrogens with zero attached hydrogens (tertiary/aromatic N) is 6. The summed E-state index contributed by atoms with van der Waals surface area (Å²) in [5.41, 5.74) is 5.01. The van der Waals surface area contributed by atoms with Crippen molar-refractivity contribution in [2.45, 2.75) is 25.9 Å². The number of aromatic nitrogens is 5. The number of ether oxygens (including phenoxy) is 1. The highest BCUT2D eigenvalue weighted by atomic mass is 19.1. The number of rotatable bonds is 10. The van der Waals surface area contributed by atoms with E-state index in [0.717, 1.165) is 28.2 Å². The summed E-state index contributed by atoms with van der Waals surface area (Å²) < 4.78 is 22.7. The Hall–Kier alpha value is -3.73. The van der Waals surface area contributed by atoms with Crippen molar-refractivity contribution < 1.29 is 18.8 Å². The van der Waals surface area contributed by atoms with Crippen LogP contribution in [0.15, 0.2) is 61.1 Å². The molecule has 1 aliphatic heterocycles. The third kappa shape index (κ3) is 5.57. The first-order valence-electron chi connectivity index (χ1n) is 12.6. The van der Waals surface area contributed by atoms with Gasteiger partial charge in [0.05, 0.1) is 29.9 Å². The van der Waals surface area contributed by atoms with Crippen LogP contribution in [0.2, 0.25) is 0 Å². The van der Waals surface area contributed by atoms with Crippen molar-refractivity contribution >= 4 is 5.78 Å². The monoisotopic (exact) mass is 518 g/mol. The molecule has 0 spiro atoms. The predicted octanol–water partition coefficient (Wildman–Crippen LogP) is 3.87. The molecule has 5 rings (SSSR count). The molecule has 4 heterocycles. The normalized spacial score (nSPS) is 17.8. The van der Waals surface area contributed by atoms with E-state index in [1.54, 1.807) is 29.1 Å². The van der Waals surface area contributed by atoms with Crippen molar-refractivity contribution in [3.8, 4) is 16.9 Å². The number of benzene rings is 1. The first-order valence-corrected chi connectivity index (χ1v) is 12.6. The molecule has 1 aliphatic rings. The van der Waals surface area contributed by atoms with Crippen molar-refractivity contribution in [1.82, 2.24) is 29.6 Å². The van der Waals surface area contributed by atoms with Crippen LogP contribution < -0.4 is 0 Å². The van der Waals surface area contributed by atoms with Crippen LogP contribution >= 0.6 is 0 Å². The minimum Gasteiger partial charge on any atom is -0.383 e. The maximum atomic E-state index is 13.9. The largest absolute Gasteiger partial charge is 0.383 e. The lowest BCUT2D eigenvalue weighted by Crippen LogP contribution is -2.24. The van der Waals surface area contributed by atoms with Crippen molar-refractivity contribution in [3.63, 3.8) is 0 Å². The molecule has 0 N–H and O–H groups in total. The Morgan fingerprint density at radius 2 is 2.05 bits per heavy atom. The molecule has 10 heteroatoms. The molecule has 38 heavy (non-hydrogen) atoms. The molecular formula is C28H31FN6O3. The number of hydroxylamine groups is 2. The van der Waals surface area contributed by atoms with Gasteiger partial charge < -0.3 is 4.74 Å². The van der Waals surface area contributed by atoms with Gasteiger partial charge in [-0.05, 0) is 42.3 Å². The minimum atomic E-state index is -0.572. The lowest BCUT2D eigenvalue weighted by molar-refractivity contribution is -0.155. The number of hydrogen-bond donors (Lipinski definition) is 0. The van der Waals surface area contributed by atoms with E-state index >= 15 is 0 Å². The van der Waals surface area contributed by atoms with E-state index in [1.807, 2.05) is 55.2 Å². The number of aryl methyl sites for hydroxylation is 1. The molecule has 1 fully saturated rings. The average Bonchev–Trinajstić information content (AvgIpc) is 3.61. The van der Waals surface area contributed by atoms with E-state index in [-0.39, 0.29) is 24.5 Å². The highest BCUT2D eigenvalue weighted by Crippen LogP contribution is 2.37. The SMILES string of the molecule is COCCN1C[C@@H](CC(=O)Cc2c(C)c(-c3cnn(C)c3)nn2-c2ccccc2)[C@H](c2ccnc(F)c2)O1. The number of halogens is 1. The van der Waals surface area contributed by atoms with E-state index in [9.17, 15) is 9.18 Å². The number of methoxy groups -OCH3 is 1. The summed E-state index contributed by atoms with van der Waals surface area (Å²) >= 11 is 0. The second-order valence-corrected chi connectivity index (χ2v) is 9.57. The summed E-state index contributed by atoms with van der Waals surface area (Å²) in [4.78, 5) is 23.4. The van der Waals surface area contributed by atoms with Gasteiger partial charge in [-0.15, -0.1) is 0 Å². The average molecular weight is 519 g/mol. The molecule has 0 amide bonds. The molecule has 0 saturated carbocycles. The zero-order valence-electron chi connectivity index (χ0n) is 21.7. The molecular weight excluding hydrogens is 487 g/mol. The van der Waals surface area contributed by atoms with Crippen molar-refractivity contribution in [3.05, 3.63) is 83.8 Å². The molecule has 0 unspecified atom stereocenters. The summed E-state index contributed by atoms with van der Waals surface area (Å²) in [6.45, 7) is 3.58. The zero-order chi connectivity index (χ0) is 26.6. The summed E-state index contributed by atoms with van der Waals surface area (Å²) in [5.74, 6) is -0.658. The topological polar surface area (TPSA) is 87.3 Å². The van der Waals surface area contributed by atoms with E-state index in [1.165, 1.54) is 12.3 Å². The first kappa shape index (κ1) is 25.9. The summed E-state index contributed by atoms with van der Waals surface area (Å²) in [5, 5.41) is 11.0. The van der Waals surface area contributed by atoms with Crippen molar-refractivity contribution in [2.75, 3.05) is 26.8 Å². The highest BCUT2D eigenvalue weighted by Gasteiger charge is 2.37. The molecule has 2 atom stereocenters. The van der Waals surface area contributed by atoms with Gasteiger partial charge in [0.15, 0.2) is 0 Å². The van der Waals surface area contributed by atoms with E-state index in [2.05, 4.69) is 10.1 Å². The lowest BCUT2D eigenvalue weighted by Gasteiger charge is -2.17. The molecule has 4 aromatic rings. The first-order chi connectivity index (χ1) is 18.4. The molecule has 0 aliphatic carbocycles. The Morgan fingerprint density at radius 1 is 1.24 bits per heavy atom. The standard InChI is InChI=1S/C28H31FN6O3/c1-19-25(35(23-7-5-4-6-8-23)32-27(19)22-16-31-33(2)17-22)15-24(36)13-21-18-34(11-12-37-3)38-28(21)20-9-10-30-26(29)14-20/h4-10,14,16-17,21,28H,11-13,15,18H2,1-3H3/t21-,28+/m1/s1. The summed E-state index contributed by atoms with van der Waals surface area (Å²) in [6.07, 6.45) is 5.16. The molecule has 198 valence electrons. The van der Waals surface area contributed by atoms with E-state index < -0.39 is 12.1 Å². The van der Waals surface area contributed by atoms with Crippen LogP contribution in [0.1, 0.15) is 29.3 Å². The zero-order valence-corrected chi connectivity index (χ0v) is 21.7.